The van der Waals surface area contributed by atoms with Crippen LogP contribution in [0.25, 0.3) is 0 Å². The van der Waals surface area contributed by atoms with Crippen LogP contribution in [0, 0.1) is 6.92 Å². The third-order valence-electron chi connectivity index (χ3n) is 3.85. The molecule has 19 heavy (non-hydrogen) atoms. The molecule has 0 N–H and O–H groups in total. The van der Waals surface area contributed by atoms with Crippen molar-refractivity contribution >= 4 is 0 Å². The van der Waals surface area contributed by atoms with Crippen molar-refractivity contribution in [1.82, 2.24) is 0 Å². The SMILES string of the molecule is [CH2-]CCCCCCCCCCCCCCCCC.[Fe]. The van der Waals surface area contributed by atoms with Gasteiger partial charge in [-0.3, -0.25) is 0 Å². The molecule has 0 nitrogen and oxygen atoms in total. The molecule has 0 aliphatic rings. The van der Waals surface area contributed by atoms with Crippen LogP contribution in [0.3, 0.4) is 0 Å². The summed E-state index contributed by atoms with van der Waals surface area (Å²) >= 11 is 0. The smallest absolute Gasteiger partial charge is 0 e. The molecule has 0 saturated carbocycles. The Morgan fingerprint density at radius 2 is 0.737 bits per heavy atom. The van der Waals surface area contributed by atoms with Crippen molar-refractivity contribution in [3.05, 3.63) is 6.92 Å². The average Bonchev–Trinajstić information content (AvgIpc) is 2.39. The zero-order valence-corrected chi connectivity index (χ0v) is 14.5. The molecular weight excluding hydrogens is 272 g/mol. The average molecular weight is 309 g/mol. The number of hydrogen-bond acceptors (Lipinski definition) is 0. The quantitative estimate of drug-likeness (QED) is 0.172. The van der Waals surface area contributed by atoms with Crippen molar-refractivity contribution in [2.75, 3.05) is 0 Å². The van der Waals surface area contributed by atoms with E-state index in [9.17, 15) is 0 Å². The maximum atomic E-state index is 3.88. The summed E-state index contributed by atoms with van der Waals surface area (Å²) in [5, 5.41) is 0. The second-order valence-corrected chi connectivity index (χ2v) is 5.80. The Kier molecular flexibility index (Phi) is 23.9. The predicted octanol–water partition coefficient (Wildman–Crippen LogP) is 7.08. The maximum absolute atomic E-state index is 3.88. The standard InChI is InChI=1S/C18H37.Fe/c1-3-5-7-9-11-13-15-17-18-16-14-12-10-8-6-4-2;/h1,3-18H2,2H3;/q-1;. The van der Waals surface area contributed by atoms with Crippen LogP contribution in [-0.2, 0) is 17.1 Å². The van der Waals surface area contributed by atoms with Gasteiger partial charge >= 0.3 is 0 Å². The zero-order chi connectivity index (χ0) is 13.3. The summed E-state index contributed by atoms with van der Waals surface area (Å²) in [5.74, 6) is 0. The molecule has 1 heteroatoms. The molecule has 0 radical (unpaired) electrons. The minimum absolute atomic E-state index is 0. The van der Waals surface area contributed by atoms with Crippen molar-refractivity contribution in [1.29, 1.82) is 0 Å². The van der Waals surface area contributed by atoms with E-state index in [2.05, 4.69) is 13.8 Å². The van der Waals surface area contributed by atoms with Crippen molar-refractivity contribution in [3.8, 4) is 0 Å². The summed E-state index contributed by atoms with van der Waals surface area (Å²) in [6.45, 7) is 6.18. The molecule has 0 rings (SSSR count). The Bertz CT molecular complexity index is 118. The van der Waals surface area contributed by atoms with Gasteiger partial charge in [-0.25, -0.2) is 0 Å². The van der Waals surface area contributed by atoms with Crippen LogP contribution in [0.1, 0.15) is 110 Å². The molecule has 0 amide bonds. The van der Waals surface area contributed by atoms with Crippen molar-refractivity contribution < 1.29 is 17.1 Å². The van der Waals surface area contributed by atoms with Gasteiger partial charge in [0.2, 0.25) is 0 Å². The van der Waals surface area contributed by atoms with Crippen LogP contribution in [0.4, 0.5) is 0 Å². The summed E-state index contributed by atoms with van der Waals surface area (Å²) < 4.78 is 0. The van der Waals surface area contributed by atoms with Gasteiger partial charge in [-0.2, -0.15) is 6.42 Å². The van der Waals surface area contributed by atoms with Gasteiger partial charge in [-0.1, -0.05) is 103 Å². The maximum Gasteiger partial charge on any atom is 0 e. The first-order chi connectivity index (χ1) is 8.91. The van der Waals surface area contributed by atoms with E-state index in [-0.39, 0.29) is 17.1 Å². The van der Waals surface area contributed by atoms with E-state index < -0.39 is 0 Å². The van der Waals surface area contributed by atoms with Crippen LogP contribution in [0.15, 0.2) is 0 Å². The van der Waals surface area contributed by atoms with E-state index in [0.717, 1.165) is 6.42 Å². The number of unbranched alkanes of at least 4 members (excludes halogenated alkanes) is 15. The zero-order valence-electron chi connectivity index (χ0n) is 13.4. The largest absolute Gasteiger partial charge is 0.343 e. The molecular formula is C18H37Fe-. The minimum atomic E-state index is 0. The van der Waals surface area contributed by atoms with Crippen LogP contribution >= 0.6 is 0 Å². The normalized spacial score (nSPS) is 10.4. The third kappa shape index (κ3) is 21.0. The van der Waals surface area contributed by atoms with Gasteiger partial charge in [0.1, 0.15) is 0 Å². The Balaban J connectivity index is 0. The monoisotopic (exact) mass is 309 g/mol. The van der Waals surface area contributed by atoms with E-state index in [1.54, 1.807) is 0 Å². The van der Waals surface area contributed by atoms with Crippen LogP contribution < -0.4 is 0 Å². The minimum Gasteiger partial charge on any atom is -0.343 e. The topological polar surface area (TPSA) is 0 Å². The summed E-state index contributed by atoms with van der Waals surface area (Å²) in [6.07, 6.45) is 22.8. The molecule has 0 heterocycles. The summed E-state index contributed by atoms with van der Waals surface area (Å²) in [5.41, 5.74) is 0. The van der Waals surface area contributed by atoms with E-state index in [0.29, 0.717) is 0 Å². The molecule has 0 bridgehead atoms. The fraction of sp³-hybridized carbons (Fsp3) is 0.944. The van der Waals surface area contributed by atoms with Gasteiger partial charge in [0.15, 0.2) is 0 Å². The third-order valence-corrected chi connectivity index (χ3v) is 3.85. The summed E-state index contributed by atoms with van der Waals surface area (Å²) in [6, 6.07) is 0. The van der Waals surface area contributed by atoms with Gasteiger partial charge in [0.25, 0.3) is 0 Å². The second-order valence-electron chi connectivity index (χ2n) is 5.80. The molecule has 0 atom stereocenters. The van der Waals surface area contributed by atoms with Gasteiger partial charge in [-0.15, -0.1) is 0 Å². The van der Waals surface area contributed by atoms with Crippen LogP contribution in [-0.4, -0.2) is 0 Å². The molecule has 0 aromatic rings. The Morgan fingerprint density at radius 1 is 0.474 bits per heavy atom. The molecule has 0 fully saturated rings. The van der Waals surface area contributed by atoms with E-state index >= 15 is 0 Å². The van der Waals surface area contributed by atoms with Crippen LogP contribution in [0.5, 0.6) is 0 Å². The van der Waals surface area contributed by atoms with Crippen molar-refractivity contribution in [2.45, 2.75) is 110 Å². The molecule has 118 valence electrons. The Morgan fingerprint density at radius 3 is 1.00 bits per heavy atom. The molecule has 0 unspecified atom stereocenters. The Hall–Kier alpha value is 0.519. The van der Waals surface area contributed by atoms with Crippen molar-refractivity contribution in [2.24, 2.45) is 0 Å². The second kappa shape index (κ2) is 20.8. The van der Waals surface area contributed by atoms with Gasteiger partial charge in [0.05, 0.1) is 0 Å². The first-order valence-electron chi connectivity index (χ1n) is 8.71. The van der Waals surface area contributed by atoms with Crippen LogP contribution in [0.2, 0.25) is 0 Å². The fourth-order valence-electron chi connectivity index (χ4n) is 2.55. The Labute approximate surface area is 134 Å². The molecule has 0 aliphatic heterocycles. The summed E-state index contributed by atoms with van der Waals surface area (Å²) in [4.78, 5) is 0. The van der Waals surface area contributed by atoms with E-state index in [1.165, 1.54) is 96.3 Å². The fourth-order valence-corrected chi connectivity index (χ4v) is 2.55. The van der Waals surface area contributed by atoms with E-state index in [4.69, 9.17) is 0 Å². The first kappa shape index (κ1) is 21.8. The first-order valence-corrected chi connectivity index (χ1v) is 8.71. The van der Waals surface area contributed by atoms with Gasteiger partial charge in [0, 0.05) is 17.1 Å². The van der Waals surface area contributed by atoms with E-state index in [1.807, 2.05) is 0 Å². The molecule has 0 aromatic carbocycles. The molecule has 0 spiro atoms. The number of hydrogen-bond donors (Lipinski definition) is 0. The van der Waals surface area contributed by atoms with Gasteiger partial charge in [-0.05, 0) is 0 Å². The van der Waals surface area contributed by atoms with Gasteiger partial charge < -0.3 is 6.92 Å². The summed E-state index contributed by atoms with van der Waals surface area (Å²) in [7, 11) is 0. The molecule has 0 saturated heterocycles. The predicted molar refractivity (Wildman–Crippen MR) is 84.9 cm³/mol. The molecule has 0 aromatic heterocycles. The van der Waals surface area contributed by atoms with Crippen molar-refractivity contribution in [3.63, 3.8) is 0 Å². The number of rotatable bonds is 15. The molecule has 0 aliphatic carbocycles.